The molecule has 0 spiro atoms. The standard InChI is InChI=1S/C13H13NO2/c1-14-8-5-9-10(3-2-4-11(9)14)13(6-7-13)12(15)16/h2-5,8H,6-7H2,1H3,(H,15,16). The molecule has 1 aromatic carbocycles. The lowest BCUT2D eigenvalue weighted by Gasteiger charge is -2.11. The molecular weight excluding hydrogens is 202 g/mol. The minimum absolute atomic E-state index is 0.610. The molecule has 3 nitrogen and oxygen atoms in total. The van der Waals surface area contributed by atoms with E-state index < -0.39 is 11.4 Å². The highest BCUT2D eigenvalue weighted by Crippen LogP contribution is 2.50. The highest BCUT2D eigenvalue weighted by molar-refractivity contribution is 5.94. The zero-order chi connectivity index (χ0) is 11.3. The molecule has 0 aliphatic heterocycles. The highest BCUT2D eigenvalue weighted by Gasteiger charge is 2.52. The summed E-state index contributed by atoms with van der Waals surface area (Å²) in [7, 11) is 1.98. The smallest absolute Gasteiger partial charge is 0.314 e. The number of aryl methyl sites for hydroxylation is 1. The van der Waals surface area contributed by atoms with Crippen LogP contribution in [-0.2, 0) is 17.3 Å². The monoisotopic (exact) mass is 215 g/mol. The molecule has 1 aliphatic rings. The van der Waals surface area contributed by atoms with Gasteiger partial charge in [-0.2, -0.15) is 0 Å². The Bertz CT molecular complexity index is 579. The fourth-order valence-corrected chi connectivity index (χ4v) is 2.44. The van der Waals surface area contributed by atoms with Gasteiger partial charge in [0.05, 0.1) is 5.41 Å². The number of rotatable bonds is 2. The summed E-state index contributed by atoms with van der Waals surface area (Å²) in [5, 5.41) is 10.4. The van der Waals surface area contributed by atoms with Crippen molar-refractivity contribution in [2.75, 3.05) is 0 Å². The minimum atomic E-state index is -0.691. The van der Waals surface area contributed by atoms with Gasteiger partial charge in [0.25, 0.3) is 0 Å². The Morgan fingerprint density at radius 1 is 1.38 bits per heavy atom. The topological polar surface area (TPSA) is 42.2 Å². The molecule has 0 radical (unpaired) electrons. The van der Waals surface area contributed by atoms with E-state index >= 15 is 0 Å². The number of benzene rings is 1. The second-order valence-electron chi connectivity index (χ2n) is 4.55. The number of hydrogen-bond donors (Lipinski definition) is 1. The molecule has 3 heteroatoms. The first-order valence-corrected chi connectivity index (χ1v) is 5.43. The van der Waals surface area contributed by atoms with Gasteiger partial charge in [0.15, 0.2) is 0 Å². The number of carboxylic acids is 1. The summed E-state index contributed by atoms with van der Waals surface area (Å²) in [6.45, 7) is 0. The predicted octanol–water partition coefficient (Wildman–Crippen LogP) is 2.29. The number of fused-ring (bicyclic) bond motifs is 1. The van der Waals surface area contributed by atoms with Gasteiger partial charge in [0, 0.05) is 24.1 Å². The molecule has 1 fully saturated rings. The lowest BCUT2D eigenvalue weighted by atomic mass is 9.93. The maximum atomic E-state index is 11.3. The van der Waals surface area contributed by atoms with Gasteiger partial charge < -0.3 is 9.67 Å². The summed E-state index contributed by atoms with van der Waals surface area (Å²) < 4.78 is 2.02. The van der Waals surface area contributed by atoms with Gasteiger partial charge >= 0.3 is 5.97 Å². The van der Waals surface area contributed by atoms with Crippen molar-refractivity contribution in [1.29, 1.82) is 0 Å². The molecule has 1 aromatic heterocycles. The van der Waals surface area contributed by atoms with E-state index in [2.05, 4.69) is 0 Å². The number of nitrogens with zero attached hydrogens (tertiary/aromatic N) is 1. The van der Waals surface area contributed by atoms with Crippen molar-refractivity contribution in [2.24, 2.45) is 7.05 Å². The van der Waals surface area contributed by atoms with E-state index in [1.807, 2.05) is 42.1 Å². The first-order chi connectivity index (χ1) is 7.65. The molecule has 1 heterocycles. The number of carbonyl (C=O) groups is 1. The molecule has 0 atom stereocenters. The third-order valence-electron chi connectivity index (χ3n) is 3.60. The summed E-state index contributed by atoms with van der Waals surface area (Å²) in [6.07, 6.45) is 3.50. The van der Waals surface area contributed by atoms with Crippen LogP contribution in [0.4, 0.5) is 0 Å². The Morgan fingerprint density at radius 2 is 2.12 bits per heavy atom. The fourth-order valence-electron chi connectivity index (χ4n) is 2.44. The van der Waals surface area contributed by atoms with Crippen LogP contribution in [0, 0.1) is 0 Å². The Morgan fingerprint density at radius 3 is 2.75 bits per heavy atom. The van der Waals surface area contributed by atoms with E-state index in [0.29, 0.717) is 0 Å². The van der Waals surface area contributed by atoms with Gasteiger partial charge in [-0.25, -0.2) is 0 Å². The maximum Gasteiger partial charge on any atom is 0.314 e. The summed E-state index contributed by atoms with van der Waals surface area (Å²) in [5.41, 5.74) is 1.46. The highest BCUT2D eigenvalue weighted by atomic mass is 16.4. The SMILES string of the molecule is Cn1ccc2c(C3(C(=O)O)CC3)cccc21. The first-order valence-electron chi connectivity index (χ1n) is 5.43. The summed E-state index contributed by atoms with van der Waals surface area (Å²) >= 11 is 0. The lowest BCUT2D eigenvalue weighted by molar-refractivity contribution is -0.139. The summed E-state index contributed by atoms with van der Waals surface area (Å²) in [5.74, 6) is -0.691. The molecule has 82 valence electrons. The van der Waals surface area contributed by atoms with Crippen LogP contribution in [0.2, 0.25) is 0 Å². The second-order valence-corrected chi connectivity index (χ2v) is 4.55. The first kappa shape index (κ1) is 9.46. The molecule has 0 unspecified atom stereocenters. The van der Waals surface area contributed by atoms with Gasteiger partial charge in [0.2, 0.25) is 0 Å². The zero-order valence-corrected chi connectivity index (χ0v) is 9.10. The minimum Gasteiger partial charge on any atom is -0.481 e. The van der Waals surface area contributed by atoms with Crippen molar-refractivity contribution in [3.05, 3.63) is 36.0 Å². The maximum absolute atomic E-state index is 11.3. The second kappa shape index (κ2) is 2.88. The van der Waals surface area contributed by atoms with Crippen LogP contribution in [0.5, 0.6) is 0 Å². The Labute approximate surface area is 93.3 Å². The third-order valence-corrected chi connectivity index (χ3v) is 3.60. The summed E-state index contributed by atoms with van der Waals surface area (Å²) in [4.78, 5) is 11.3. The number of carboxylic acid groups (broad SMARTS) is 1. The zero-order valence-electron chi connectivity index (χ0n) is 9.10. The number of aromatic nitrogens is 1. The van der Waals surface area contributed by atoms with Gasteiger partial charge in [0.1, 0.15) is 0 Å². The van der Waals surface area contributed by atoms with Gasteiger partial charge in [-0.15, -0.1) is 0 Å². The fraction of sp³-hybridized carbons (Fsp3) is 0.308. The van der Waals surface area contributed by atoms with Gasteiger partial charge in [-0.1, -0.05) is 12.1 Å². The van der Waals surface area contributed by atoms with Crippen molar-refractivity contribution in [3.8, 4) is 0 Å². The number of hydrogen-bond acceptors (Lipinski definition) is 1. The van der Waals surface area contributed by atoms with E-state index in [1.165, 1.54) is 0 Å². The molecule has 3 rings (SSSR count). The molecule has 0 bridgehead atoms. The van der Waals surface area contributed by atoms with Crippen LogP contribution >= 0.6 is 0 Å². The Balaban J connectivity index is 2.29. The third kappa shape index (κ3) is 1.06. The van der Waals surface area contributed by atoms with Crippen LogP contribution in [0.3, 0.4) is 0 Å². The molecule has 2 aromatic rings. The van der Waals surface area contributed by atoms with E-state index in [-0.39, 0.29) is 0 Å². The van der Waals surface area contributed by atoms with Crippen molar-refractivity contribution < 1.29 is 9.90 Å². The molecule has 1 N–H and O–H groups in total. The van der Waals surface area contributed by atoms with Crippen molar-refractivity contribution >= 4 is 16.9 Å². The van der Waals surface area contributed by atoms with E-state index in [0.717, 1.165) is 29.3 Å². The lowest BCUT2D eigenvalue weighted by Crippen LogP contribution is -2.19. The Kier molecular flexibility index (Phi) is 1.70. The van der Waals surface area contributed by atoms with Gasteiger partial charge in [-0.05, 0) is 30.5 Å². The predicted molar refractivity (Wildman–Crippen MR) is 61.5 cm³/mol. The molecule has 16 heavy (non-hydrogen) atoms. The van der Waals surface area contributed by atoms with E-state index in [4.69, 9.17) is 0 Å². The van der Waals surface area contributed by atoms with Crippen molar-refractivity contribution in [2.45, 2.75) is 18.3 Å². The van der Waals surface area contributed by atoms with Crippen molar-refractivity contribution in [1.82, 2.24) is 4.57 Å². The summed E-state index contributed by atoms with van der Waals surface area (Å²) in [6, 6.07) is 7.93. The van der Waals surface area contributed by atoms with Gasteiger partial charge in [-0.3, -0.25) is 4.79 Å². The van der Waals surface area contributed by atoms with Crippen LogP contribution < -0.4 is 0 Å². The van der Waals surface area contributed by atoms with Crippen LogP contribution in [0.25, 0.3) is 10.9 Å². The van der Waals surface area contributed by atoms with Crippen LogP contribution in [0.15, 0.2) is 30.5 Å². The molecule has 0 saturated heterocycles. The average molecular weight is 215 g/mol. The molecule has 1 aliphatic carbocycles. The molecular formula is C13H13NO2. The van der Waals surface area contributed by atoms with Crippen LogP contribution in [-0.4, -0.2) is 15.6 Å². The quantitative estimate of drug-likeness (QED) is 0.835. The largest absolute Gasteiger partial charge is 0.481 e. The molecule has 1 saturated carbocycles. The number of aliphatic carboxylic acids is 1. The normalized spacial score (nSPS) is 17.6. The average Bonchev–Trinajstić information content (AvgIpc) is 3.00. The Hall–Kier alpha value is -1.77. The van der Waals surface area contributed by atoms with Crippen LogP contribution in [0.1, 0.15) is 18.4 Å². The molecule has 0 amide bonds. The van der Waals surface area contributed by atoms with E-state index in [9.17, 15) is 9.90 Å². The van der Waals surface area contributed by atoms with E-state index in [1.54, 1.807) is 0 Å². The van der Waals surface area contributed by atoms with Crippen molar-refractivity contribution in [3.63, 3.8) is 0 Å².